The first-order valence-corrected chi connectivity index (χ1v) is 20.5. The maximum atomic E-state index is 14.0. The van der Waals surface area contributed by atoms with E-state index in [0.717, 1.165) is 73.4 Å². The molecule has 2 aliphatic rings. The van der Waals surface area contributed by atoms with Crippen LogP contribution in [0.1, 0.15) is 43.6 Å². The van der Waals surface area contributed by atoms with Crippen LogP contribution >= 0.6 is 0 Å². The third-order valence-electron chi connectivity index (χ3n) is 10.6. The zero-order valence-corrected chi connectivity index (χ0v) is 31.5. The SMILES string of the molecule is COCCN1C[C@@H](n2cc(F)c(F)c2)[C@H](NCNc2c(C)c(-c3cnc4c(c3)CN(CCO[Si](C)(C)C(C)(C)C)C4)nn2-c2ccccc2)C1. The van der Waals surface area contributed by atoms with Gasteiger partial charge in [-0.1, -0.05) is 39.0 Å². The fraction of sp³-hybridized carbons (Fsp3) is 0.514. The zero-order chi connectivity index (χ0) is 35.6. The zero-order valence-electron chi connectivity index (χ0n) is 30.5. The summed E-state index contributed by atoms with van der Waals surface area (Å²) in [7, 11) is -0.114. The van der Waals surface area contributed by atoms with Gasteiger partial charge in [0.25, 0.3) is 0 Å². The highest BCUT2D eigenvalue weighted by atomic mass is 28.4. The summed E-state index contributed by atoms with van der Waals surface area (Å²) in [6.07, 6.45) is 4.43. The highest BCUT2D eigenvalue weighted by Crippen LogP contribution is 2.37. The molecule has 0 saturated carbocycles. The fourth-order valence-corrected chi connectivity index (χ4v) is 7.68. The van der Waals surface area contributed by atoms with Gasteiger partial charge in [-0.05, 0) is 48.8 Å². The van der Waals surface area contributed by atoms with Gasteiger partial charge in [0.15, 0.2) is 20.0 Å². The molecule has 3 aromatic heterocycles. The molecule has 50 heavy (non-hydrogen) atoms. The van der Waals surface area contributed by atoms with Gasteiger partial charge in [0, 0.05) is 88.7 Å². The van der Waals surface area contributed by atoms with Crippen molar-refractivity contribution < 1.29 is 17.9 Å². The van der Waals surface area contributed by atoms with E-state index >= 15 is 0 Å². The van der Waals surface area contributed by atoms with Crippen molar-refractivity contribution in [2.24, 2.45) is 0 Å². The summed E-state index contributed by atoms with van der Waals surface area (Å²) in [6, 6.07) is 12.1. The van der Waals surface area contributed by atoms with Crippen molar-refractivity contribution in [3.63, 3.8) is 0 Å². The van der Waals surface area contributed by atoms with E-state index in [1.807, 2.05) is 41.2 Å². The molecule has 0 aliphatic carbocycles. The number of halogens is 2. The predicted molar refractivity (Wildman–Crippen MR) is 196 cm³/mol. The molecule has 4 aromatic rings. The summed E-state index contributed by atoms with van der Waals surface area (Å²) in [5, 5.41) is 12.5. The van der Waals surface area contributed by atoms with Crippen molar-refractivity contribution in [2.75, 3.05) is 58.5 Å². The lowest BCUT2D eigenvalue weighted by Crippen LogP contribution is -2.42. The van der Waals surface area contributed by atoms with Crippen LogP contribution in [-0.4, -0.2) is 96.7 Å². The van der Waals surface area contributed by atoms with E-state index in [1.54, 1.807) is 11.7 Å². The molecule has 10 nitrogen and oxygen atoms in total. The van der Waals surface area contributed by atoms with Gasteiger partial charge >= 0.3 is 0 Å². The van der Waals surface area contributed by atoms with Crippen molar-refractivity contribution >= 4 is 14.1 Å². The van der Waals surface area contributed by atoms with E-state index in [1.165, 1.54) is 18.0 Å². The maximum absolute atomic E-state index is 14.0. The van der Waals surface area contributed by atoms with E-state index in [-0.39, 0.29) is 17.1 Å². The van der Waals surface area contributed by atoms with Gasteiger partial charge in [0.1, 0.15) is 5.82 Å². The van der Waals surface area contributed by atoms with Crippen LogP contribution in [0.2, 0.25) is 18.1 Å². The lowest BCUT2D eigenvalue weighted by Gasteiger charge is -2.36. The number of nitrogens with zero attached hydrogens (tertiary/aromatic N) is 6. The van der Waals surface area contributed by atoms with E-state index in [2.05, 4.69) is 67.3 Å². The second-order valence-corrected chi connectivity index (χ2v) is 19.9. The summed E-state index contributed by atoms with van der Waals surface area (Å²) in [6.45, 7) is 19.9. The Balaban J connectivity index is 1.18. The summed E-state index contributed by atoms with van der Waals surface area (Å²) < 4.78 is 43.4. The van der Waals surface area contributed by atoms with Gasteiger partial charge in [0.05, 0.1) is 36.4 Å². The second-order valence-electron chi connectivity index (χ2n) is 15.1. The number of likely N-dealkylation sites (tertiary alicyclic amines) is 1. The standard InChI is InChI=1S/C37H52F2N8O2Si/c1-26-35(27-17-28-19-44(22-32(28)40-18-27)14-16-49-50(6,7)37(2,3)4)43-47(29-11-9-8-10-12-29)36(26)42-25-41-33-23-45(13-15-48-5)24-34(33)46-20-30(38)31(39)21-46/h8-12,17-18,20-21,33-34,41-42H,13-16,19,22-25H2,1-7H3/t33-,34-/m1/s1. The molecular weight excluding hydrogens is 655 g/mol. The van der Waals surface area contributed by atoms with Gasteiger partial charge in [-0.3, -0.25) is 20.1 Å². The van der Waals surface area contributed by atoms with Gasteiger partial charge in [-0.25, -0.2) is 13.5 Å². The number of benzene rings is 1. The molecule has 0 radical (unpaired) electrons. The smallest absolute Gasteiger partial charge is 0.192 e. The van der Waals surface area contributed by atoms with Gasteiger partial charge in [-0.15, -0.1) is 0 Å². The Morgan fingerprint density at radius 3 is 2.40 bits per heavy atom. The number of para-hydroxylation sites is 1. The quantitative estimate of drug-likeness (QED) is 0.119. The Bertz CT molecular complexity index is 1740. The Morgan fingerprint density at radius 1 is 0.980 bits per heavy atom. The number of anilines is 1. The first-order chi connectivity index (χ1) is 23.8. The third kappa shape index (κ3) is 7.87. The van der Waals surface area contributed by atoms with Crippen LogP contribution in [0.3, 0.4) is 0 Å². The summed E-state index contributed by atoms with van der Waals surface area (Å²) in [4.78, 5) is 9.56. The molecule has 1 aromatic carbocycles. The van der Waals surface area contributed by atoms with Crippen LogP contribution < -0.4 is 10.6 Å². The number of nitrogens with one attached hydrogen (secondary N) is 2. The highest BCUT2D eigenvalue weighted by Gasteiger charge is 2.37. The molecular formula is C37H52F2N8O2Si. The number of hydrogen-bond donors (Lipinski definition) is 2. The number of rotatable bonds is 14. The van der Waals surface area contributed by atoms with Crippen LogP contribution in [-0.2, 0) is 22.3 Å². The van der Waals surface area contributed by atoms with E-state index in [9.17, 15) is 8.78 Å². The molecule has 0 amide bonds. The Morgan fingerprint density at radius 2 is 1.70 bits per heavy atom. The van der Waals surface area contributed by atoms with Crippen LogP contribution in [0, 0.1) is 18.6 Å². The van der Waals surface area contributed by atoms with E-state index < -0.39 is 20.0 Å². The summed E-state index contributed by atoms with van der Waals surface area (Å²) >= 11 is 0. The lowest BCUT2D eigenvalue weighted by molar-refractivity contribution is 0.158. The normalized spacial score (nSPS) is 18.7. The summed E-state index contributed by atoms with van der Waals surface area (Å²) in [5.41, 5.74) is 6.13. The maximum Gasteiger partial charge on any atom is 0.192 e. The van der Waals surface area contributed by atoms with Crippen LogP contribution in [0.15, 0.2) is 55.0 Å². The molecule has 0 bridgehead atoms. The van der Waals surface area contributed by atoms with Crippen molar-refractivity contribution in [3.05, 3.63) is 83.4 Å². The molecule has 2 N–H and O–H groups in total. The van der Waals surface area contributed by atoms with Crippen LogP contribution in [0.4, 0.5) is 14.6 Å². The Kier molecular flexibility index (Phi) is 10.9. The van der Waals surface area contributed by atoms with Gasteiger partial charge < -0.3 is 19.0 Å². The average molecular weight is 707 g/mol. The van der Waals surface area contributed by atoms with Gasteiger partial charge in [-0.2, -0.15) is 5.10 Å². The summed E-state index contributed by atoms with van der Waals surface area (Å²) in [5.74, 6) is -0.805. The molecule has 270 valence electrons. The molecule has 1 saturated heterocycles. The highest BCUT2D eigenvalue weighted by molar-refractivity contribution is 6.74. The first kappa shape index (κ1) is 36.3. The number of ether oxygens (including phenoxy) is 1. The van der Waals surface area contributed by atoms with Gasteiger partial charge in [0.2, 0.25) is 0 Å². The molecule has 5 heterocycles. The van der Waals surface area contributed by atoms with Crippen molar-refractivity contribution in [2.45, 2.75) is 71.0 Å². The third-order valence-corrected chi connectivity index (χ3v) is 15.2. The molecule has 6 rings (SSSR count). The largest absolute Gasteiger partial charge is 0.416 e. The molecule has 1 fully saturated rings. The second kappa shape index (κ2) is 15.0. The van der Waals surface area contributed by atoms with Crippen LogP contribution in [0.5, 0.6) is 0 Å². The predicted octanol–water partition coefficient (Wildman–Crippen LogP) is 6.19. The topological polar surface area (TPSA) is 84.6 Å². The number of aromatic nitrogens is 4. The molecule has 0 unspecified atom stereocenters. The molecule has 2 aliphatic heterocycles. The number of pyridine rings is 1. The minimum absolute atomic E-state index is 0.0467. The van der Waals surface area contributed by atoms with Crippen molar-refractivity contribution in [3.8, 4) is 16.9 Å². The van der Waals surface area contributed by atoms with E-state index in [0.29, 0.717) is 19.8 Å². The minimum atomic E-state index is -1.79. The first-order valence-electron chi connectivity index (χ1n) is 17.5. The van der Waals surface area contributed by atoms with Crippen molar-refractivity contribution in [1.29, 1.82) is 0 Å². The molecule has 2 atom stereocenters. The fourth-order valence-electron chi connectivity index (χ4n) is 6.65. The Labute approximate surface area is 295 Å². The monoisotopic (exact) mass is 706 g/mol. The lowest BCUT2D eigenvalue weighted by atomic mass is 10.1. The molecule has 13 heteroatoms. The molecule has 0 spiro atoms. The van der Waals surface area contributed by atoms with Crippen molar-refractivity contribution in [1.82, 2.24) is 34.4 Å². The van der Waals surface area contributed by atoms with E-state index in [4.69, 9.17) is 19.2 Å². The van der Waals surface area contributed by atoms with Crippen LogP contribution in [0.25, 0.3) is 16.9 Å². The number of fused-ring (bicyclic) bond motifs is 1. The Hall–Kier alpha value is -3.46. The number of hydrogen-bond acceptors (Lipinski definition) is 8. The minimum Gasteiger partial charge on any atom is -0.416 e. The number of methoxy groups -OCH3 is 1. The average Bonchev–Trinajstić information content (AvgIpc) is 3.84.